The minimum atomic E-state index is -3.88. The molecule has 0 saturated heterocycles. The number of carboxylic acids is 1. The summed E-state index contributed by atoms with van der Waals surface area (Å²) in [5, 5.41) is 12.2. The third-order valence-corrected chi connectivity index (χ3v) is 6.63. The Kier molecular flexibility index (Phi) is 8.26. The molecule has 0 saturated carbocycles. The molecule has 0 bridgehead atoms. The Morgan fingerprint density at radius 2 is 1.82 bits per heavy atom. The van der Waals surface area contributed by atoms with Crippen molar-refractivity contribution in [3.05, 3.63) is 78.6 Å². The molecule has 2 aromatic carbocycles. The Morgan fingerprint density at radius 3 is 2.52 bits per heavy atom. The molecule has 0 aliphatic carbocycles. The number of anilines is 2. The Bertz CT molecular complexity index is 1160. The van der Waals surface area contributed by atoms with Crippen molar-refractivity contribution in [1.82, 2.24) is 4.98 Å². The number of sulfonamides is 1. The van der Waals surface area contributed by atoms with Crippen LogP contribution in [0.2, 0.25) is 0 Å². The van der Waals surface area contributed by atoms with E-state index in [4.69, 9.17) is 9.84 Å². The highest BCUT2D eigenvalue weighted by molar-refractivity contribution is 7.92. The average Bonchev–Trinajstić information content (AvgIpc) is 2.80. The monoisotopic (exact) mass is 469 g/mol. The SMILES string of the molecule is Cc1cc(OCCNc2ccncc2)cc(N(CCCC(=O)O)S(=O)(=O)c2ccccc2)c1. The Hall–Kier alpha value is -3.59. The quantitative estimate of drug-likeness (QED) is 0.387. The predicted molar refractivity (Wildman–Crippen MR) is 127 cm³/mol. The second-order valence-corrected chi connectivity index (χ2v) is 9.27. The fourth-order valence-corrected chi connectivity index (χ4v) is 4.78. The molecule has 3 rings (SSSR count). The summed E-state index contributed by atoms with van der Waals surface area (Å²) in [7, 11) is -3.88. The van der Waals surface area contributed by atoms with Crippen LogP contribution in [0.3, 0.4) is 0 Å². The molecule has 0 radical (unpaired) electrons. The van der Waals surface area contributed by atoms with Crippen molar-refractivity contribution in [2.75, 3.05) is 29.3 Å². The van der Waals surface area contributed by atoms with Gasteiger partial charge in [0, 0.05) is 43.7 Å². The lowest BCUT2D eigenvalue weighted by Crippen LogP contribution is -2.32. The molecule has 1 heterocycles. The second kappa shape index (κ2) is 11.3. The number of pyridine rings is 1. The van der Waals surface area contributed by atoms with Gasteiger partial charge in [-0.25, -0.2) is 8.42 Å². The Balaban J connectivity index is 1.79. The molecule has 9 heteroatoms. The number of nitrogens with one attached hydrogen (secondary N) is 1. The minimum Gasteiger partial charge on any atom is -0.492 e. The van der Waals surface area contributed by atoms with E-state index in [1.54, 1.807) is 42.7 Å². The van der Waals surface area contributed by atoms with Gasteiger partial charge in [0.25, 0.3) is 10.0 Å². The highest BCUT2D eigenvalue weighted by atomic mass is 32.2. The molecule has 2 N–H and O–H groups in total. The van der Waals surface area contributed by atoms with Crippen LogP contribution in [0.15, 0.2) is 78.0 Å². The number of ether oxygens (including phenoxy) is 1. The number of rotatable bonds is 12. The van der Waals surface area contributed by atoms with Gasteiger partial charge < -0.3 is 15.2 Å². The second-order valence-electron chi connectivity index (χ2n) is 7.40. The fraction of sp³-hybridized carbons (Fsp3) is 0.250. The molecule has 0 amide bonds. The van der Waals surface area contributed by atoms with Crippen molar-refractivity contribution in [2.45, 2.75) is 24.7 Å². The van der Waals surface area contributed by atoms with E-state index < -0.39 is 16.0 Å². The van der Waals surface area contributed by atoms with E-state index in [9.17, 15) is 13.2 Å². The normalized spacial score (nSPS) is 11.1. The highest BCUT2D eigenvalue weighted by Crippen LogP contribution is 2.29. The summed E-state index contributed by atoms with van der Waals surface area (Å²) < 4.78 is 33.9. The summed E-state index contributed by atoms with van der Waals surface area (Å²) in [6.45, 7) is 2.82. The summed E-state index contributed by atoms with van der Waals surface area (Å²) in [6, 6.07) is 17.1. The van der Waals surface area contributed by atoms with E-state index in [0.29, 0.717) is 24.6 Å². The van der Waals surface area contributed by atoms with Gasteiger partial charge in [0.15, 0.2) is 0 Å². The molecular formula is C24H27N3O5S. The zero-order chi connectivity index (χ0) is 23.7. The van der Waals surface area contributed by atoms with Crippen molar-refractivity contribution in [2.24, 2.45) is 0 Å². The minimum absolute atomic E-state index is 0.0377. The van der Waals surface area contributed by atoms with Crippen molar-refractivity contribution < 1.29 is 23.1 Å². The molecular weight excluding hydrogens is 442 g/mol. The van der Waals surface area contributed by atoms with Gasteiger partial charge in [-0.15, -0.1) is 0 Å². The fourth-order valence-electron chi connectivity index (χ4n) is 3.27. The van der Waals surface area contributed by atoms with Gasteiger partial charge in [0.1, 0.15) is 12.4 Å². The molecule has 8 nitrogen and oxygen atoms in total. The van der Waals surface area contributed by atoms with Crippen LogP contribution in [0.4, 0.5) is 11.4 Å². The molecule has 0 spiro atoms. The van der Waals surface area contributed by atoms with Crippen LogP contribution in [0.25, 0.3) is 0 Å². The van der Waals surface area contributed by atoms with Gasteiger partial charge in [-0.1, -0.05) is 18.2 Å². The maximum Gasteiger partial charge on any atom is 0.303 e. The van der Waals surface area contributed by atoms with Crippen LogP contribution >= 0.6 is 0 Å². The number of carboxylic acid groups (broad SMARTS) is 1. The standard InChI is InChI=1S/C24H27N3O5S/c1-19-16-21(18-22(17-19)32-15-13-26-20-9-11-25-12-10-20)27(14-5-8-24(28)29)33(30,31)23-6-3-2-4-7-23/h2-4,6-7,9-12,16-18H,5,8,13-15H2,1H3,(H,25,26)(H,28,29). The number of carbonyl (C=O) groups is 1. The lowest BCUT2D eigenvalue weighted by atomic mass is 10.2. The lowest BCUT2D eigenvalue weighted by Gasteiger charge is -2.25. The predicted octanol–water partition coefficient (Wildman–Crippen LogP) is 3.94. The van der Waals surface area contributed by atoms with Crippen molar-refractivity contribution >= 4 is 27.4 Å². The first-order valence-electron chi connectivity index (χ1n) is 10.5. The van der Waals surface area contributed by atoms with Crippen LogP contribution in [0.5, 0.6) is 5.75 Å². The zero-order valence-electron chi connectivity index (χ0n) is 18.3. The number of aliphatic carboxylic acids is 1. The van der Waals surface area contributed by atoms with Gasteiger partial charge in [-0.05, 0) is 55.3 Å². The number of hydrogen-bond acceptors (Lipinski definition) is 6. The largest absolute Gasteiger partial charge is 0.492 e. The van der Waals surface area contributed by atoms with E-state index in [0.717, 1.165) is 11.3 Å². The third-order valence-electron chi connectivity index (χ3n) is 4.79. The average molecular weight is 470 g/mol. The van der Waals surface area contributed by atoms with Crippen LogP contribution in [0, 0.1) is 6.92 Å². The zero-order valence-corrected chi connectivity index (χ0v) is 19.2. The number of aryl methyl sites for hydroxylation is 1. The maximum absolute atomic E-state index is 13.4. The van der Waals surface area contributed by atoms with Gasteiger partial charge in [0.2, 0.25) is 0 Å². The number of aromatic nitrogens is 1. The highest BCUT2D eigenvalue weighted by Gasteiger charge is 2.25. The van der Waals surface area contributed by atoms with Crippen LogP contribution in [-0.4, -0.2) is 44.2 Å². The molecule has 0 aliphatic rings. The first kappa shape index (κ1) is 24.1. The summed E-state index contributed by atoms with van der Waals surface area (Å²) >= 11 is 0. The van der Waals surface area contributed by atoms with Crippen LogP contribution in [0.1, 0.15) is 18.4 Å². The topological polar surface area (TPSA) is 109 Å². The molecule has 0 fully saturated rings. The maximum atomic E-state index is 13.4. The van der Waals surface area contributed by atoms with E-state index in [-0.39, 0.29) is 24.3 Å². The first-order valence-corrected chi connectivity index (χ1v) is 12.0. The van der Waals surface area contributed by atoms with Crippen molar-refractivity contribution in [3.63, 3.8) is 0 Å². The van der Waals surface area contributed by atoms with E-state index in [1.165, 1.54) is 16.4 Å². The summed E-state index contributed by atoms with van der Waals surface area (Å²) in [5.41, 5.74) is 2.19. The smallest absolute Gasteiger partial charge is 0.303 e. The molecule has 1 aromatic heterocycles. The van der Waals surface area contributed by atoms with E-state index >= 15 is 0 Å². The van der Waals surface area contributed by atoms with E-state index in [1.807, 2.05) is 25.1 Å². The number of nitrogens with zero attached hydrogens (tertiary/aromatic N) is 2. The first-order chi connectivity index (χ1) is 15.9. The van der Waals surface area contributed by atoms with Gasteiger partial charge in [-0.3, -0.25) is 14.1 Å². The Labute approximate surface area is 193 Å². The van der Waals surface area contributed by atoms with Crippen LogP contribution < -0.4 is 14.4 Å². The molecule has 3 aromatic rings. The molecule has 0 aliphatic heterocycles. The Morgan fingerprint density at radius 1 is 1.09 bits per heavy atom. The summed E-state index contributed by atoms with van der Waals surface area (Å²) in [5.74, 6) is -0.435. The van der Waals surface area contributed by atoms with Gasteiger partial charge in [0.05, 0.1) is 10.6 Å². The lowest BCUT2D eigenvalue weighted by molar-refractivity contribution is -0.137. The summed E-state index contributed by atoms with van der Waals surface area (Å²) in [6.07, 6.45) is 3.45. The molecule has 0 atom stereocenters. The summed E-state index contributed by atoms with van der Waals surface area (Å²) in [4.78, 5) is 15.1. The van der Waals surface area contributed by atoms with Crippen LogP contribution in [-0.2, 0) is 14.8 Å². The third kappa shape index (κ3) is 6.95. The molecule has 33 heavy (non-hydrogen) atoms. The number of hydrogen-bond donors (Lipinski definition) is 2. The van der Waals surface area contributed by atoms with Gasteiger partial charge in [-0.2, -0.15) is 0 Å². The molecule has 174 valence electrons. The van der Waals surface area contributed by atoms with Crippen molar-refractivity contribution in [1.29, 1.82) is 0 Å². The van der Waals surface area contributed by atoms with Gasteiger partial charge >= 0.3 is 5.97 Å². The number of benzene rings is 2. The van der Waals surface area contributed by atoms with E-state index in [2.05, 4.69) is 10.3 Å². The van der Waals surface area contributed by atoms with Crippen molar-refractivity contribution in [3.8, 4) is 5.75 Å². The molecule has 0 unspecified atom stereocenters.